The van der Waals surface area contributed by atoms with Crippen molar-refractivity contribution in [3.05, 3.63) is 62.2 Å². The fourth-order valence-corrected chi connectivity index (χ4v) is 2.06. The number of nitro benzene ring substituents is 2. The Labute approximate surface area is 123 Å². The van der Waals surface area contributed by atoms with Gasteiger partial charge in [-0.2, -0.15) is 0 Å². The molecule has 0 aliphatic heterocycles. The van der Waals surface area contributed by atoms with Gasteiger partial charge < -0.3 is 10.3 Å². The minimum absolute atomic E-state index is 0.0245. The molecule has 2 rings (SSSR count). The molecule has 0 unspecified atom stereocenters. The molecule has 2 aromatic rings. The minimum Gasteiger partial charge on any atom is -0.501 e. The molecule has 9 heteroatoms. The number of hydrogen-bond donors (Lipinski definition) is 2. The van der Waals surface area contributed by atoms with Crippen LogP contribution in [0.15, 0.2) is 41.6 Å². The van der Waals surface area contributed by atoms with E-state index in [4.69, 9.17) is 5.21 Å². The van der Waals surface area contributed by atoms with Crippen molar-refractivity contribution in [1.82, 2.24) is 0 Å². The summed E-state index contributed by atoms with van der Waals surface area (Å²) in [5.74, 6) is -0.861. The molecule has 2 N–H and O–H groups in total. The molecular weight excluding hydrogens is 294 g/mol. The molecule has 0 aromatic heterocycles. The molecule has 0 amide bonds. The predicted octanol–water partition coefficient (Wildman–Crippen LogP) is 2.68. The van der Waals surface area contributed by atoms with E-state index in [9.17, 15) is 25.3 Å². The Hall–Kier alpha value is -3.49. The third-order valence-corrected chi connectivity index (χ3v) is 2.92. The number of benzene rings is 2. The zero-order chi connectivity index (χ0) is 16.3. The van der Waals surface area contributed by atoms with Gasteiger partial charge in [-0.1, -0.05) is 35.5 Å². The molecule has 0 heterocycles. The topological polar surface area (TPSA) is 139 Å². The van der Waals surface area contributed by atoms with E-state index in [1.807, 2.05) is 0 Å². The summed E-state index contributed by atoms with van der Waals surface area (Å²) in [5.41, 5.74) is -1.58. The maximum atomic E-state index is 11.1. The Balaban J connectivity index is 2.90. The Bertz CT molecular complexity index is 773. The van der Waals surface area contributed by atoms with E-state index in [2.05, 4.69) is 5.16 Å². The first-order chi connectivity index (χ1) is 10.5. The Morgan fingerprint density at radius 3 is 2.23 bits per heavy atom. The van der Waals surface area contributed by atoms with Crippen LogP contribution in [0.1, 0.15) is 5.56 Å². The first-order valence-corrected chi connectivity index (χ1v) is 5.89. The van der Waals surface area contributed by atoms with Crippen molar-refractivity contribution in [3.8, 4) is 16.9 Å². The van der Waals surface area contributed by atoms with Gasteiger partial charge in [0.2, 0.25) is 5.75 Å². The summed E-state index contributed by atoms with van der Waals surface area (Å²) in [5, 5.41) is 43.6. The van der Waals surface area contributed by atoms with Crippen LogP contribution in [0, 0.1) is 20.2 Å². The number of aromatic hydroxyl groups is 1. The fraction of sp³-hybridized carbons (Fsp3) is 0. The second-order valence-electron chi connectivity index (χ2n) is 4.18. The average Bonchev–Trinajstić information content (AvgIpc) is 2.47. The van der Waals surface area contributed by atoms with Crippen molar-refractivity contribution < 1.29 is 20.2 Å². The summed E-state index contributed by atoms with van der Waals surface area (Å²) in [4.78, 5) is 20.0. The molecule has 2 aromatic carbocycles. The van der Waals surface area contributed by atoms with Gasteiger partial charge in [0, 0.05) is 17.2 Å². The third kappa shape index (κ3) is 2.54. The van der Waals surface area contributed by atoms with Gasteiger partial charge in [-0.05, 0) is 5.56 Å². The zero-order valence-electron chi connectivity index (χ0n) is 10.9. The fourth-order valence-electron chi connectivity index (χ4n) is 2.06. The van der Waals surface area contributed by atoms with Crippen molar-refractivity contribution in [2.24, 2.45) is 5.16 Å². The maximum absolute atomic E-state index is 11.1. The largest absolute Gasteiger partial charge is 0.501 e. The van der Waals surface area contributed by atoms with Gasteiger partial charge in [-0.3, -0.25) is 20.2 Å². The quantitative estimate of drug-likeness (QED) is 0.385. The number of oxime groups is 1. The standard InChI is InChI=1S/C13H9N3O6/c17-13-11(8-4-2-1-3-5-8)9(7-14-18)6-10(15(19)20)12(13)16(21)22/h1-7,17-18H. The van der Waals surface area contributed by atoms with Crippen LogP contribution >= 0.6 is 0 Å². The van der Waals surface area contributed by atoms with Gasteiger partial charge in [0.25, 0.3) is 0 Å². The number of phenolic OH excluding ortho intramolecular Hbond substituents is 1. The van der Waals surface area contributed by atoms with Gasteiger partial charge in [-0.15, -0.1) is 0 Å². The Morgan fingerprint density at radius 1 is 1.09 bits per heavy atom. The van der Waals surface area contributed by atoms with Crippen LogP contribution < -0.4 is 0 Å². The molecule has 0 aliphatic carbocycles. The van der Waals surface area contributed by atoms with Crippen molar-refractivity contribution in [2.75, 3.05) is 0 Å². The first kappa shape index (κ1) is 14.9. The van der Waals surface area contributed by atoms with Crippen molar-refractivity contribution in [2.45, 2.75) is 0 Å². The molecule has 0 bridgehead atoms. The smallest absolute Gasteiger partial charge is 0.387 e. The molecule has 112 valence electrons. The van der Waals surface area contributed by atoms with Crippen LogP contribution in [0.25, 0.3) is 11.1 Å². The Kier molecular flexibility index (Phi) is 3.98. The summed E-state index contributed by atoms with van der Waals surface area (Å²) in [6, 6.07) is 8.93. The molecule has 0 spiro atoms. The van der Waals surface area contributed by atoms with E-state index in [-0.39, 0.29) is 11.1 Å². The maximum Gasteiger partial charge on any atom is 0.387 e. The summed E-state index contributed by atoms with van der Waals surface area (Å²) in [6.07, 6.45) is 0.860. The van der Waals surface area contributed by atoms with Crippen LogP contribution in [0.4, 0.5) is 11.4 Å². The van der Waals surface area contributed by atoms with Gasteiger partial charge in [0.15, 0.2) is 0 Å². The van der Waals surface area contributed by atoms with E-state index < -0.39 is 27.0 Å². The lowest BCUT2D eigenvalue weighted by molar-refractivity contribution is -0.423. The van der Waals surface area contributed by atoms with Crippen LogP contribution in [-0.4, -0.2) is 26.4 Å². The average molecular weight is 303 g/mol. The normalized spacial score (nSPS) is 10.7. The van der Waals surface area contributed by atoms with E-state index in [0.29, 0.717) is 5.56 Å². The van der Waals surface area contributed by atoms with Gasteiger partial charge in [0.05, 0.1) is 16.1 Å². The van der Waals surface area contributed by atoms with Crippen LogP contribution in [0.2, 0.25) is 0 Å². The first-order valence-electron chi connectivity index (χ1n) is 5.89. The molecule has 0 saturated carbocycles. The van der Waals surface area contributed by atoms with Crippen molar-refractivity contribution in [1.29, 1.82) is 0 Å². The van der Waals surface area contributed by atoms with Crippen molar-refractivity contribution in [3.63, 3.8) is 0 Å². The number of phenols is 1. The van der Waals surface area contributed by atoms with Gasteiger partial charge in [-0.25, -0.2) is 0 Å². The van der Waals surface area contributed by atoms with E-state index in [1.165, 1.54) is 0 Å². The summed E-state index contributed by atoms with van der Waals surface area (Å²) >= 11 is 0. The monoisotopic (exact) mass is 303 g/mol. The number of rotatable bonds is 4. The highest BCUT2D eigenvalue weighted by atomic mass is 16.6. The molecule has 22 heavy (non-hydrogen) atoms. The van der Waals surface area contributed by atoms with Gasteiger partial charge >= 0.3 is 11.4 Å². The van der Waals surface area contributed by atoms with Crippen LogP contribution in [-0.2, 0) is 0 Å². The zero-order valence-corrected chi connectivity index (χ0v) is 10.9. The lowest BCUT2D eigenvalue weighted by Gasteiger charge is -2.09. The SMILES string of the molecule is O=[N+]([O-])c1cc(C=NO)c(-c2ccccc2)c(O)c1[N+](=O)[O-]. The minimum atomic E-state index is -1.03. The predicted molar refractivity (Wildman–Crippen MR) is 76.2 cm³/mol. The number of nitrogens with zero attached hydrogens (tertiary/aromatic N) is 3. The van der Waals surface area contributed by atoms with E-state index >= 15 is 0 Å². The van der Waals surface area contributed by atoms with E-state index in [0.717, 1.165) is 12.3 Å². The molecule has 0 aliphatic rings. The molecule has 0 radical (unpaired) electrons. The summed E-state index contributed by atoms with van der Waals surface area (Å²) in [7, 11) is 0. The Morgan fingerprint density at radius 2 is 1.73 bits per heavy atom. The van der Waals surface area contributed by atoms with E-state index in [1.54, 1.807) is 30.3 Å². The van der Waals surface area contributed by atoms with Crippen molar-refractivity contribution >= 4 is 17.6 Å². The molecule has 0 atom stereocenters. The second kappa shape index (κ2) is 5.87. The van der Waals surface area contributed by atoms with Gasteiger partial charge in [0.1, 0.15) is 0 Å². The molecular formula is C13H9N3O6. The highest BCUT2D eigenvalue weighted by Gasteiger charge is 2.33. The second-order valence-corrected chi connectivity index (χ2v) is 4.18. The molecule has 0 saturated heterocycles. The lowest BCUT2D eigenvalue weighted by Crippen LogP contribution is -2.01. The van der Waals surface area contributed by atoms with Crippen LogP contribution in [0.5, 0.6) is 5.75 Å². The summed E-state index contributed by atoms with van der Waals surface area (Å²) < 4.78 is 0. The number of nitro groups is 2. The highest BCUT2D eigenvalue weighted by Crippen LogP contribution is 2.44. The third-order valence-electron chi connectivity index (χ3n) is 2.92. The molecule has 9 nitrogen and oxygen atoms in total. The lowest BCUT2D eigenvalue weighted by atomic mass is 9.97. The molecule has 0 fully saturated rings. The number of hydrogen-bond acceptors (Lipinski definition) is 7. The van der Waals surface area contributed by atoms with Crippen LogP contribution in [0.3, 0.4) is 0 Å². The highest BCUT2D eigenvalue weighted by molar-refractivity contribution is 5.96. The summed E-state index contributed by atoms with van der Waals surface area (Å²) in [6.45, 7) is 0.